The van der Waals surface area contributed by atoms with Gasteiger partial charge in [0.25, 0.3) is 0 Å². The molecule has 6 nitrogen and oxygen atoms in total. The molecule has 2 rings (SSSR count). The van der Waals surface area contributed by atoms with Gasteiger partial charge < -0.3 is 15.4 Å². The van der Waals surface area contributed by atoms with Crippen molar-refractivity contribution >= 4 is 34.7 Å². The number of nitrogens with zero attached hydrogens (tertiary/aromatic N) is 2. The predicted octanol–water partition coefficient (Wildman–Crippen LogP) is 3.89. The van der Waals surface area contributed by atoms with Crippen molar-refractivity contribution in [1.29, 1.82) is 0 Å². The van der Waals surface area contributed by atoms with E-state index in [0.717, 1.165) is 16.8 Å². The second-order valence-corrected chi connectivity index (χ2v) is 6.51. The van der Waals surface area contributed by atoms with Crippen LogP contribution < -0.4 is 10.6 Å². The SMILES string of the molecule is CCn1cc(NC(=S)Nc2cc(C)ccc2C)c(C(=O)OC(C)C)n1. The lowest BCUT2D eigenvalue weighted by molar-refractivity contribution is 0.0371. The third kappa shape index (κ3) is 5.03. The van der Waals surface area contributed by atoms with E-state index in [-0.39, 0.29) is 11.8 Å². The number of rotatable bonds is 5. The quantitative estimate of drug-likeness (QED) is 0.623. The molecule has 1 aromatic carbocycles. The summed E-state index contributed by atoms with van der Waals surface area (Å²) in [6.45, 7) is 10.2. The van der Waals surface area contributed by atoms with Crippen LogP contribution in [0.4, 0.5) is 11.4 Å². The van der Waals surface area contributed by atoms with Gasteiger partial charge in [-0.2, -0.15) is 5.10 Å². The zero-order chi connectivity index (χ0) is 18.6. The molecule has 2 aromatic rings. The fourth-order valence-electron chi connectivity index (χ4n) is 2.24. The largest absolute Gasteiger partial charge is 0.458 e. The lowest BCUT2D eigenvalue weighted by atomic mass is 10.1. The number of esters is 1. The molecule has 1 heterocycles. The number of carbonyl (C=O) groups excluding carboxylic acids is 1. The van der Waals surface area contributed by atoms with E-state index in [1.165, 1.54) is 0 Å². The van der Waals surface area contributed by atoms with Crippen molar-refractivity contribution in [3.63, 3.8) is 0 Å². The van der Waals surface area contributed by atoms with Gasteiger partial charge in [-0.05, 0) is 64.0 Å². The number of aromatic nitrogens is 2. The van der Waals surface area contributed by atoms with Gasteiger partial charge in [-0.25, -0.2) is 4.79 Å². The van der Waals surface area contributed by atoms with Crippen molar-refractivity contribution in [3.8, 4) is 0 Å². The van der Waals surface area contributed by atoms with E-state index in [1.54, 1.807) is 24.7 Å². The second-order valence-electron chi connectivity index (χ2n) is 6.10. The van der Waals surface area contributed by atoms with Gasteiger partial charge >= 0.3 is 5.97 Å². The number of hydrogen-bond donors (Lipinski definition) is 2. The van der Waals surface area contributed by atoms with Gasteiger partial charge in [-0.3, -0.25) is 4.68 Å². The standard InChI is InChI=1S/C18H24N4O2S/c1-6-22-10-15(16(21-22)17(23)24-11(2)3)20-18(25)19-14-9-12(4)7-8-13(14)5/h7-11H,6H2,1-5H3,(H2,19,20,25). The fourth-order valence-corrected chi connectivity index (χ4v) is 2.46. The van der Waals surface area contributed by atoms with Crippen molar-refractivity contribution in [2.24, 2.45) is 0 Å². The molecule has 0 fully saturated rings. The fraction of sp³-hybridized carbons (Fsp3) is 0.389. The van der Waals surface area contributed by atoms with Gasteiger partial charge in [0.15, 0.2) is 10.8 Å². The minimum atomic E-state index is -0.473. The summed E-state index contributed by atoms with van der Waals surface area (Å²) in [7, 11) is 0. The van der Waals surface area contributed by atoms with Crippen molar-refractivity contribution in [2.45, 2.75) is 47.3 Å². The third-order valence-electron chi connectivity index (χ3n) is 3.51. The minimum absolute atomic E-state index is 0.216. The molecule has 2 N–H and O–H groups in total. The van der Waals surface area contributed by atoms with Gasteiger partial charge in [-0.15, -0.1) is 0 Å². The lowest BCUT2D eigenvalue weighted by Crippen LogP contribution is -2.21. The predicted molar refractivity (Wildman–Crippen MR) is 104 cm³/mol. The van der Waals surface area contributed by atoms with Gasteiger partial charge in [0.05, 0.1) is 11.8 Å². The molecule has 0 unspecified atom stereocenters. The first-order valence-electron chi connectivity index (χ1n) is 8.23. The van der Waals surface area contributed by atoms with Crippen LogP contribution in [0.3, 0.4) is 0 Å². The molecule has 0 saturated heterocycles. The summed E-state index contributed by atoms with van der Waals surface area (Å²) in [4.78, 5) is 12.2. The lowest BCUT2D eigenvalue weighted by Gasteiger charge is -2.13. The van der Waals surface area contributed by atoms with E-state index in [9.17, 15) is 4.79 Å². The van der Waals surface area contributed by atoms with Crippen molar-refractivity contribution in [2.75, 3.05) is 10.6 Å². The molecule has 0 bridgehead atoms. The first kappa shape index (κ1) is 18.9. The van der Waals surface area contributed by atoms with E-state index in [1.807, 2.05) is 39.0 Å². The summed E-state index contributed by atoms with van der Waals surface area (Å²) in [6, 6.07) is 6.09. The van der Waals surface area contributed by atoms with Crippen LogP contribution in [0.15, 0.2) is 24.4 Å². The Morgan fingerprint density at radius 3 is 2.60 bits per heavy atom. The number of ether oxygens (including phenoxy) is 1. The summed E-state index contributed by atoms with van der Waals surface area (Å²) in [5, 5.41) is 10.9. The Labute approximate surface area is 153 Å². The maximum atomic E-state index is 12.2. The normalized spacial score (nSPS) is 10.6. The van der Waals surface area contributed by atoms with E-state index in [4.69, 9.17) is 17.0 Å². The van der Waals surface area contributed by atoms with Crippen LogP contribution in [0.5, 0.6) is 0 Å². The molecular formula is C18H24N4O2S. The molecule has 134 valence electrons. The van der Waals surface area contributed by atoms with E-state index >= 15 is 0 Å². The van der Waals surface area contributed by atoms with Crippen LogP contribution in [0.2, 0.25) is 0 Å². The van der Waals surface area contributed by atoms with E-state index in [0.29, 0.717) is 17.3 Å². The third-order valence-corrected chi connectivity index (χ3v) is 3.72. The summed E-state index contributed by atoms with van der Waals surface area (Å²) in [6.07, 6.45) is 1.53. The zero-order valence-corrected chi connectivity index (χ0v) is 16.0. The smallest absolute Gasteiger partial charge is 0.361 e. The average molecular weight is 360 g/mol. The number of benzene rings is 1. The number of hydrogen-bond acceptors (Lipinski definition) is 4. The maximum Gasteiger partial charge on any atom is 0.361 e. The van der Waals surface area contributed by atoms with Gasteiger partial charge in [0, 0.05) is 18.4 Å². The molecule has 0 aliphatic heterocycles. The van der Waals surface area contributed by atoms with Crippen molar-refractivity contribution in [1.82, 2.24) is 9.78 Å². The summed E-state index contributed by atoms with van der Waals surface area (Å²) < 4.78 is 6.92. The van der Waals surface area contributed by atoms with Crippen LogP contribution in [0, 0.1) is 13.8 Å². The van der Waals surface area contributed by atoms with Crippen LogP contribution in [0.25, 0.3) is 0 Å². The Morgan fingerprint density at radius 2 is 1.96 bits per heavy atom. The number of anilines is 2. The topological polar surface area (TPSA) is 68.2 Å². The highest BCUT2D eigenvalue weighted by Crippen LogP contribution is 2.19. The molecule has 0 aliphatic rings. The summed E-state index contributed by atoms with van der Waals surface area (Å²) in [5.41, 5.74) is 3.89. The Bertz CT molecular complexity index is 783. The molecule has 0 radical (unpaired) electrons. The highest BCUT2D eigenvalue weighted by Gasteiger charge is 2.20. The van der Waals surface area contributed by atoms with Crippen LogP contribution in [0.1, 0.15) is 42.4 Å². The molecular weight excluding hydrogens is 336 g/mol. The zero-order valence-electron chi connectivity index (χ0n) is 15.2. The molecule has 7 heteroatoms. The van der Waals surface area contributed by atoms with Gasteiger partial charge in [0.1, 0.15) is 0 Å². The summed E-state index contributed by atoms with van der Waals surface area (Å²) in [5.74, 6) is -0.473. The Morgan fingerprint density at radius 1 is 1.28 bits per heavy atom. The number of thiocarbonyl (C=S) groups is 1. The molecule has 0 amide bonds. The van der Waals surface area contributed by atoms with E-state index < -0.39 is 5.97 Å². The van der Waals surface area contributed by atoms with Crippen molar-refractivity contribution in [3.05, 3.63) is 41.2 Å². The summed E-state index contributed by atoms with van der Waals surface area (Å²) >= 11 is 5.39. The Balaban J connectivity index is 2.18. The van der Waals surface area contributed by atoms with Gasteiger partial charge in [0.2, 0.25) is 0 Å². The first-order chi connectivity index (χ1) is 11.8. The number of aryl methyl sites for hydroxylation is 3. The van der Waals surface area contributed by atoms with Crippen LogP contribution >= 0.6 is 12.2 Å². The first-order valence-corrected chi connectivity index (χ1v) is 8.64. The van der Waals surface area contributed by atoms with Crippen LogP contribution in [-0.4, -0.2) is 27.0 Å². The van der Waals surface area contributed by atoms with Crippen molar-refractivity contribution < 1.29 is 9.53 Å². The number of nitrogens with one attached hydrogen (secondary N) is 2. The molecule has 1 aromatic heterocycles. The molecule has 0 atom stereocenters. The highest BCUT2D eigenvalue weighted by atomic mass is 32.1. The maximum absolute atomic E-state index is 12.2. The molecule has 0 spiro atoms. The Hall–Kier alpha value is -2.41. The molecule has 0 saturated carbocycles. The molecule has 0 aliphatic carbocycles. The van der Waals surface area contributed by atoms with Crippen LogP contribution in [-0.2, 0) is 11.3 Å². The minimum Gasteiger partial charge on any atom is -0.458 e. The highest BCUT2D eigenvalue weighted by molar-refractivity contribution is 7.80. The number of carbonyl (C=O) groups is 1. The average Bonchev–Trinajstić information content (AvgIpc) is 2.93. The van der Waals surface area contributed by atoms with Gasteiger partial charge in [-0.1, -0.05) is 12.1 Å². The monoisotopic (exact) mass is 360 g/mol. The molecule has 25 heavy (non-hydrogen) atoms. The van der Waals surface area contributed by atoms with E-state index in [2.05, 4.69) is 15.7 Å². The second kappa shape index (κ2) is 8.11. The Kier molecular flexibility index (Phi) is 6.14.